The first-order valence-corrected chi connectivity index (χ1v) is 9.65. The van der Waals surface area contributed by atoms with E-state index in [1.54, 1.807) is 6.07 Å². The molecule has 0 aliphatic carbocycles. The number of Topliss-reactive ketones (excluding diaryl/α,β-unsaturated/α-hetero) is 1. The molecule has 8 heteroatoms. The van der Waals surface area contributed by atoms with Crippen LogP contribution in [-0.4, -0.2) is 60.9 Å². The van der Waals surface area contributed by atoms with Gasteiger partial charge in [-0.3, -0.25) is 9.59 Å². The highest BCUT2D eigenvalue weighted by molar-refractivity contribution is 6.46. The third-order valence-electron chi connectivity index (χ3n) is 4.95. The molecule has 1 heterocycles. The van der Waals surface area contributed by atoms with Crippen LogP contribution >= 0.6 is 11.6 Å². The van der Waals surface area contributed by atoms with E-state index in [9.17, 15) is 19.1 Å². The topological polar surface area (TPSA) is 70.1 Å². The standard InChI is InChI=1S/C22H22ClFN2O4/c1-25(2)10-11-26-19(14-6-4-5-7-16(14)24)18(21(28)22(26)29)20(27)13-8-9-17(30-3)15(23)12-13/h4-9,12,19,27H,10-11H2,1-3H3. The van der Waals surface area contributed by atoms with E-state index in [0.717, 1.165) is 0 Å². The van der Waals surface area contributed by atoms with Crippen LogP contribution in [0.2, 0.25) is 5.02 Å². The normalized spacial score (nSPS) is 18.3. The van der Waals surface area contributed by atoms with Gasteiger partial charge < -0.3 is 19.6 Å². The number of ketones is 1. The van der Waals surface area contributed by atoms with Crippen LogP contribution in [0.15, 0.2) is 48.0 Å². The number of likely N-dealkylation sites (tertiary alicyclic amines) is 1. The zero-order valence-corrected chi connectivity index (χ0v) is 17.6. The molecule has 2 aromatic rings. The van der Waals surface area contributed by atoms with Crippen LogP contribution < -0.4 is 4.74 Å². The zero-order chi connectivity index (χ0) is 22.0. The van der Waals surface area contributed by atoms with Crippen molar-refractivity contribution >= 4 is 29.1 Å². The Balaban J connectivity index is 2.18. The van der Waals surface area contributed by atoms with Gasteiger partial charge in [0.15, 0.2) is 0 Å². The molecule has 1 aliphatic heterocycles. The van der Waals surface area contributed by atoms with Crippen LogP contribution in [0.5, 0.6) is 5.75 Å². The van der Waals surface area contributed by atoms with Gasteiger partial charge >= 0.3 is 0 Å². The molecule has 158 valence electrons. The van der Waals surface area contributed by atoms with Crippen molar-refractivity contribution in [3.8, 4) is 5.75 Å². The number of aliphatic hydroxyl groups excluding tert-OH is 1. The van der Waals surface area contributed by atoms with Crippen LogP contribution in [0.4, 0.5) is 4.39 Å². The van der Waals surface area contributed by atoms with Gasteiger partial charge in [-0.1, -0.05) is 29.8 Å². The lowest BCUT2D eigenvalue weighted by molar-refractivity contribution is -0.140. The molecule has 0 saturated carbocycles. The molecule has 6 nitrogen and oxygen atoms in total. The van der Waals surface area contributed by atoms with Gasteiger partial charge in [-0.15, -0.1) is 0 Å². The SMILES string of the molecule is COc1ccc(C(O)=C2C(=O)C(=O)N(CCN(C)C)C2c2ccccc2F)cc1Cl. The van der Waals surface area contributed by atoms with Crippen molar-refractivity contribution in [2.45, 2.75) is 6.04 Å². The first-order chi connectivity index (χ1) is 14.3. The minimum absolute atomic E-state index is 0.136. The van der Waals surface area contributed by atoms with Crippen LogP contribution in [0, 0.1) is 5.82 Å². The number of hydrogen-bond acceptors (Lipinski definition) is 5. The van der Waals surface area contributed by atoms with Gasteiger partial charge in [-0.25, -0.2) is 4.39 Å². The molecule has 1 fully saturated rings. The summed E-state index contributed by atoms with van der Waals surface area (Å²) in [5.41, 5.74) is 0.189. The van der Waals surface area contributed by atoms with E-state index in [1.807, 2.05) is 19.0 Å². The highest BCUT2D eigenvalue weighted by Gasteiger charge is 2.46. The number of halogens is 2. The van der Waals surface area contributed by atoms with Gasteiger partial charge in [0.1, 0.15) is 17.3 Å². The zero-order valence-electron chi connectivity index (χ0n) is 16.9. The summed E-state index contributed by atoms with van der Waals surface area (Å²) in [4.78, 5) is 28.8. The Bertz CT molecular complexity index is 1020. The summed E-state index contributed by atoms with van der Waals surface area (Å²) in [6.07, 6.45) is 0. The molecule has 1 saturated heterocycles. The molecule has 0 radical (unpaired) electrons. The maximum Gasteiger partial charge on any atom is 0.295 e. The number of hydrogen-bond donors (Lipinski definition) is 1. The van der Waals surface area contributed by atoms with Gasteiger partial charge in [0.2, 0.25) is 0 Å². The van der Waals surface area contributed by atoms with E-state index in [4.69, 9.17) is 16.3 Å². The van der Waals surface area contributed by atoms with E-state index in [2.05, 4.69) is 0 Å². The fourth-order valence-corrected chi connectivity index (χ4v) is 3.67. The average Bonchev–Trinajstić information content (AvgIpc) is 2.96. The molecule has 1 amide bonds. The summed E-state index contributed by atoms with van der Waals surface area (Å²) in [7, 11) is 5.11. The summed E-state index contributed by atoms with van der Waals surface area (Å²) in [6, 6.07) is 9.34. The van der Waals surface area contributed by atoms with Crippen molar-refractivity contribution < 1.29 is 23.8 Å². The lowest BCUT2D eigenvalue weighted by Gasteiger charge is -2.26. The van der Waals surface area contributed by atoms with Gasteiger partial charge in [0.25, 0.3) is 11.7 Å². The third kappa shape index (κ3) is 4.04. The molecule has 1 unspecified atom stereocenters. The molecule has 1 N–H and O–H groups in total. The Hall–Kier alpha value is -2.90. The highest BCUT2D eigenvalue weighted by atomic mass is 35.5. The number of rotatable bonds is 6. The van der Waals surface area contributed by atoms with E-state index in [0.29, 0.717) is 12.3 Å². The Morgan fingerprint density at radius 1 is 1.23 bits per heavy atom. The molecule has 1 aliphatic rings. The summed E-state index contributed by atoms with van der Waals surface area (Å²) < 4.78 is 19.8. The quantitative estimate of drug-likeness (QED) is 0.430. The minimum atomic E-state index is -1.05. The smallest absolute Gasteiger partial charge is 0.295 e. The molecule has 0 bridgehead atoms. The second kappa shape index (κ2) is 8.85. The van der Waals surface area contributed by atoms with Crippen molar-refractivity contribution in [3.63, 3.8) is 0 Å². The molecule has 2 aromatic carbocycles. The largest absolute Gasteiger partial charge is 0.507 e. The van der Waals surface area contributed by atoms with E-state index >= 15 is 0 Å². The predicted molar refractivity (Wildman–Crippen MR) is 112 cm³/mol. The summed E-state index contributed by atoms with van der Waals surface area (Å²) in [6.45, 7) is 0.656. The van der Waals surface area contributed by atoms with Crippen molar-refractivity contribution in [1.29, 1.82) is 0 Å². The first kappa shape index (κ1) is 21.8. The predicted octanol–water partition coefficient (Wildman–Crippen LogP) is 3.47. The van der Waals surface area contributed by atoms with Crippen molar-refractivity contribution in [1.82, 2.24) is 9.80 Å². The van der Waals surface area contributed by atoms with Crippen LogP contribution in [0.3, 0.4) is 0 Å². The van der Waals surface area contributed by atoms with Crippen molar-refractivity contribution in [2.75, 3.05) is 34.3 Å². The lowest BCUT2D eigenvalue weighted by Crippen LogP contribution is -2.35. The number of likely N-dealkylation sites (N-methyl/N-ethyl adjacent to an activating group) is 1. The van der Waals surface area contributed by atoms with Crippen LogP contribution in [0.1, 0.15) is 17.2 Å². The molecule has 1 atom stereocenters. The number of ether oxygens (including phenoxy) is 1. The van der Waals surface area contributed by atoms with E-state index < -0.39 is 29.3 Å². The lowest BCUT2D eigenvalue weighted by atomic mass is 9.95. The third-order valence-corrected chi connectivity index (χ3v) is 5.25. The van der Waals surface area contributed by atoms with Crippen molar-refractivity contribution in [3.05, 3.63) is 70.0 Å². The Kier molecular flexibility index (Phi) is 6.43. The highest BCUT2D eigenvalue weighted by Crippen LogP contribution is 2.40. The number of benzene rings is 2. The van der Waals surface area contributed by atoms with E-state index in [-0.39, 0.29) is 28.3 Å². The van der Waals surface area contributed by atoms with E-state index in [1.165, 1.54) is 48.4 Å². The van der Waals surface area contributed by atoms with Gasteiger partial charge in [0, 0.05) is 24.2 Å². The minimum Gasteiger partial charge on any atom is -0.507 e. The Labute approximate surface area is 179 Å². The molecule has 30 heavy (non-hydrogen) atoms. The second-order valence-electron chi connectivity index (χ2n) is 7.17. The number of aliphatic hydroxyl groups is 1. The monoisotopic (exact) mass is 432 g/mol. The maximum atomic E-state index is 14.7. The fourth-order valence-electron chi connectivity index (χ4n) is 3.41. The second-order valence-corrected chi connectivity index (χ2v) is 7.57. The van der Waals surface area contributed by atoms with Gasteiger partial charge in [-0.05, 0) is 38.4 Å². The molecular weight excluding hydrogens is 411 g/mol. The molecule has 0 spiro atoms. The summed E-state index contributed by atoms with van der Waals surface area (Å²) in [5, 5.41) is 11.2. The molecular formula is C22H22ClFN2O4. The molecule has 3 rings (SSSR count). The van der Waals surface area contributed by atoms with Crippen molar-refractivity contribution in [2.24, 2.45) is 0 Å². The summed E-state index contributed by atoms with van der Waals surface area (Å²) in [5.74, 6) is -2.25. The first-order valence-electron chi connectivity index (χ1n) is 9.27. The summed E-state index contributed by atoms with van der Waals surface area (Å²) >= 11 is 6.15. The average molecular weight is 433 g/mol. The number of carbonyl (C=O) groups is 2. The van der Waals surface area contributed by atoms with Gasteiger partial charge in [0.05, 0.1) is 23.7 Å². The Morgan fingerprint density at radius 2 is 1.93 bits per heavy atom. The number of carbonyl (C=O) groups excluding carboxylic acids is 2. The Morgan fingerprint density at radius 3 is 2.53 bits per heavy atom. The molecule has 0 aromatic heterocycles. The van der Waals surface area contributed by atoms with Crippen LogP contribution in [0.25, 0.3) is 5.76 Å². The number of methoxy groups -OCH3 is 1. The van der Waals surface area contributed by atoms with Gasteiger partial charge in [-0.2, -0.15) is 0 Å². The fraction of sp³-hybridized carbons (Fsp3) is 0.273. The number of amides is 1. The maximum absolute atomic E-state index is 14.7. The van der Waals surface area contributed by atoms with Crippen LogP contribution in [-0.2, 0) is 9.59 Å². The number of nitrogens with zero attached hydrogens (tertiary/aromatic N) is 2.